The van der Waals surface area contributed by atoms with Gasteiger partial charge < -0.3 is 4.90 Å². The number of hydrogen-bond donors (Lipinski definition) is 1. The quantitative estimate of drug-likeness (QED) is 0.459. The predicted octanol–water partition coefficient (Wildman–Crippen LogP) is 5.15. The number of rotatable bonds is 3. The van der Waals surface area contributed by atoms with Gasteiger partial charge in [0, 0.05) is 42.4 Å². The predicted molar refractivity (Wildman–Crippen MR) is 108 cm³/mol. The van der Waals surface area contributed by atoms with E-state index in [-0.39, 0.29) is 17.2 Å². The summed E-state index contributed by atoms with van der Waals surface area (Å²) in [6.45, 7) is 0. The second kappa shape index (κ2) is 7.50. The molecule has 0 aliphatic carbocycles. The van der Waals surface area contributed by atoms with Gasteiger partial charge in [0.2, 0.25) is 0 Å². The molecule has 0 radical (unpaired) electrons. The Morgan fingerprint density at radius 3 is 2.52 bits per heavy atom. The van der Waals surface area contributed by atoms with Crippen LogP contribution in [-0.2, 0) is 6.18 Å². The molecule has 5 nitrogen and oxygen atoms in total. The molecule has 0 fully saturated rings. The largest absolute Gasteiger partial charge is 0.416 e. The molecule has 31 heavy (non-hydrogen) atoms. The summed E-state index contributed by atoms with van der Waals surface area (Å²) in [7, 11) is 3.29. The monoisotopic (exact) mass is 428 g/mol. The minimum absolute atomic E-state index is 0.0217. The van der Waals surface area contributed by atoms with Crippen LogP contribution in [-0.4, -0.2) is 40.1 Å². The summed E-state index contributed by atoms with van der Waals surface area (Å²) in [5, 5.41) is 6.98. The lowest BCUT2D eigenvalue weighted by Crippen LogP contribution is -2.21. The zero-order valence-corrected chi connectivity index (χ0v) is 16.5. The van der Waals surface area contributed by atoms with Crippen LogP contribution in [0.4, 0.5) is 17.6 Å². The molecule has 2 aromatic heterocycles. The fourth-order valence-electron chi connectivity index (χ4n) is 3.24. The van der Waals surface area contributed by atoms with Crippen molar-refractivity contribution in [1.82, 2.24) is 20.1 Å². The van der Waals surface area contributed by atoms with E-state index in [1.807, 2.05) is 0 Å². The van der Waals surface area contributed by atoms with Gasteiger partial charge in [-0.25, -0.2) is 9.37 Å². The average molecular weight is 428 g/mol. The molecule has 0 spiro atoms. The topological polar surface area (TPSA) is 61.9 Å². The van der Waals surface area contributed by atoms with Gasteiger partial charge in [-0.1, -0.05) is 12.1 Å². The fraction of sp³-hybridized carbons (Fsp3) is 0.136. The van der Waals surface area contributed by atoms with Crippen LogP contribution in [0.5, 0.6) is 0 Å². The minimum atomic E-state index is -4.61. The maximum Gasteiger partial charge on any atom is 0.416 e. The van der Waals surface area contributed by atoms with Crippen molar-refractivity contribution in [1.29, 1.82) is 0 Å². The lowest BCUT2D eigenvalue weighted by atomic mass is 10.0. The molecule has 9 heteroatoms. The van der Waals surface area contributed by atoms with Gasteiger partial charge in [0.05, 0.1) is 5.56 Å². The van der Waals surface area contributed by atoms with Crippen molar-refractivity contribution >= 4 is 16.9 Å². The number of alkyl halides is 3. The number of aromatic amines is 1. The molecule has 4 rings (SSSR count). The summed E-state index contributed by atoms with van der Waals surface area (Å²) in [5.74, 6) is -1.00. The van der Waals surface area contributed by atoms with Crippen molar-refractivity contribution in [3.05, 3.63) is 71.7 Å². The molecule has 0 saturated carbocycles. The highest BCUT2D eigenvalue weighted by atomic mass is 19.4. The van der Waals surface area contributed by atoms with E-state index < -0.39 is 17.6 Å². The molecular weight excluding hydrogens is 412 g/mol. The van der Waals surface area contributed by atoms with E-state index in [0.717, 1.165) is 12.1 Å². The van der Waals surface area contributed by atoms with E-state index in [0.29, 0.717) is 33.8 Å². The summed E-state index contributed by atoms with van der Waals surface area (Å²) in [4.78, 5) is 18.0. The molecule has 2 heterocycles. The fourth-order valence-corrected chi connectivity index (χ4v) is 3.24. The van der Waals surface area contributed by atoms with E-state index in [2.05, 4.69) is 15.2 Å². The Balaban J connectivity index is 1.84. The second-order valence-electron chi connectivity index (χ2n) is 7.17. The van der Waals surface area contributed by atoms with E-state index in [9.17, 15) is 22.4 Å². The first-order chi connectivity index (χ1) is 14.6. The third kappa shape index (κ3) is 3.86. The van der Waals surface area contributed by atoms with E-state index in [4.69, 9.17) is 0 Å². The molecule has 0 unspecified atom stereocenters. The van der Waals surface area contributed by atoms with Gasteiger partial charge in [-0.2, -0.15) is 18.3 Å². The Bertz CT molecular complexity index is 1290. The summed E-state index contributed by atoms with van der Waals surface area (Å²) in [6.07, 6.45) is -3.07. The zero-order valence-electron chi connectivity index (χ0n) is 16.5. The first kappa shape index (κ1) is 20.5. The number of aromatic nitrogens is 3. The average Bonchev–Trinajstić information content (AvgIpc) is 3.15. The number of nitrogens with zero attached hydrogens (tertiary/aromatic N) is 3. The summed E-state index contributed by atoms with van der Waals surface area (Å²) >= 11 is 0. The number of fused-ring (bicyclic) bond motifs is 1. The maximum absolute atomic E-state index is 14.4. The van der Waals surface area contributed by atoms with E-state index in [1.165, 1.54) is 4.90 Å². The Morgan fingerprint density at radius 1 is 1.03 bits per heavy atom. The van der Waals surface area contributed by atoms with Crippen molar-refractivity contribution in [2.45, 2.75) is 6.18 Å². The molecule has 158 valence electrons. The molecule has 0 saturated heterocycles. The number of nitrogens with one attached hydrogen (secondary N) is 1. The van der Waals surface area contributed by atoms with Gasteiger partial charge in [-0.3, -0.25) is 9.89 Å². The lowest BCUT2D eigenvalue weighted by molar-refractivity contribution is -0.137. The van der Waals surface area contributed by atoms with Crippen molar-refractivity contribution in [3.63, 3.8) is 0 Å². The highest BCUT2D eigenvalue weighted by Gasteiger charge is 2.31. The van der Waals surface area contributed by atoms with Crippen LogP contribution >= 0.6 is 0 Å². The van der Waals surface area contributed by atoms with Crippen LogP contribution in [0.2, 0.25) is 0 Å². The van der Waals surface area contributed by atoms with Gasteiger partial charge in [-0.05, 0) is 42.0 Å². The molecule has 1 N–H and O–H groups in total. The highest BCUT2D eigenvalue weighted by molar-refractivity contribution is 5.96. The van der Waals surface area contributed by atoms with Gasteiger partial charge in [0.1, 0.15) is 11.5 Å². The Hall–Kier alpha value is -3.75. The van der Waals surface area contributed by atoms with Crippen molar-refractivity contribution in [2.75, 3.05) is 14.1 Å². The maximum atomic E-state index is 14.4. The Labute approximate surface area is 174 Å². The van der Waals surface area contributed by atoms with Gasteiger partial charge in [0.25, 0.3) is 5.91 Å². The molecule has 4 aromatic rings. The number of hydrogen-bond acceptors (Lipinski definition) is 3. The first-order valence-corrected chi connectivity index (χ1v) is 9.18. The second-order valence-corrected chi connectivity index (χ2v) is 7.17. The van der Waals surface area contributed by atoms with Crippen LogP contribution < -0.4 is 0 Å². The minimum Gasteiger partial charge on any atom is -0.345 e. The lowest BCUT2D eigenvalue weighted by Gasteiger charge is -2.11. The molecule has 0 aliphatic rings. The molecule has 2 aromatic carbocycles. The van der Waals surface area contributed by atoms with Crippen LogP contribution in [0, 0.1) is 5.82 Å². The van der Waals surface area contributed by atoms with Crippen LogP contribution in [0.3, 0.4) is 0 Å². The number of halogens is 4. The molecule has 1 amide bonds. The highest BCUT2D eigenvalue weighted by Crippen LogP contribution is 2.35. The molecular formula is C22H16F4N4O. The SMILES string of the molecule is CN(C)C(=O)c1cccc(-c2cnc3[nH]nc(-c4cc(C(F)(F)F)ccc4F)c3c2)c1. The van der Waals surface area contributed by atoms with E-state index in [1.54, 1.807) is 50.6 Å². The normalized spacial score (nSPS) is 11.7. The molecule has 0 aliphatic heterocycles. The van der Waals surface area contributed by atoms with E-state index >= 15 is 0 Å². The smallest absolute Gasteiger partial charge is 0.345 e. The molecule has 0 bridgehead atoms. The third-order valence-electron chi connectivity index (χ3n) is 4.81. The van der Waals surface area contributed by atoms with Crippen LogP contribution in [0.1, 0.15) is 15.9 Å². The Morgan fingerprint density at radius 2 is 1.81 bits per heavy atom. The molecule has 0 atom stereocenters. The number of carbonyl (C=O) groups excluding carboxylic acids is 1. The first-order valence-electron chi connectivity index (χ1n) is 9.18. The van der Waals surface area contributed by atoms with Gasteiger partial charge in [-0.15, -0.1) is 0 Å². The standard InChI is InChI=1S/C22H16F4N4O/c1-30(2)21(31)13-5-3-4-12(8-13)14-9-17-19(28-29-20(17)27-11-14)16-10-15(22(24,25)26)6-7-18(16)23/h3-11H,1-2H3,(H,27,28,29). The van der Waals surface area contributed by atoms with Crippen LogP contribution in [0.15, 0.2) is 54.7 Å². The van der Waals surface area contributed by atoms with Crippen LogP contribution in [0.25, 0.3) is 33.4 Å². The van der Waals surface area contributed by atoms with Crippen molar-refractivity contribution in [3.8, 4) is 22.4 Å². The zero-order chi connectivity index (χ0) is 22.3. The summed E-state index contributed by atoms with van der Waals surface area (Å²) in [5.41, 5.74) is 0.828. The van der Waals surface area contributed by atoms with Gasteiger partial charge in [0.15, 0.2) is 5.65 Å². The number of benzene rings is 2. The number of carbonyl (C=O) groups is 1. The van der Waals surface area contributed by atoms with Crippen molar-refractivity contribution < 1.29 is 22.4 Å². The Kier molecular flexibility index (Phi) is 4.96. The number of H-pyrrole nitrogens is 1. The number of pyridine rings is 1. The number of amides is 1. The summed E-state index contributed by atoms with van der Waals surface area (Å²) in [6, 6.07) is 10.7. The third-order valence-corrected chi connectivity index (χ3v) is 4.81. The van der Waals surface area contributed by atoms with Gasteiger partial charge >= 0.3 is 6.18 Å². The van der Waals surface area contributed by atoms with Crippen molar-refractivity contribution in [2.24, 2.45) is 0 Å². The summed E-state index contributed by atoms with van der Waals surface area (Å²) < 4.78 is 53.7.